The van der Waals surface area contributed by atoms with Crippen molar-refractivity contribution in [2.24, 2.45) is 0 Å². The molecule has 3 aromatic heterocycles. The summed E-state index contributed by atoms with van der Waals surface area (Å²) in [5, 5.41) is 4.89. The lowest BCUT2D eigenvalue weighted by Gasteiger charge is -2.17. The fourth-order valence-corrected chi connectivity index (χ4v) is 11.0. The topological polar surface area (TPSA) is 43.6 Å². The molecular formula is C63H40N4S. The molecule has 5 heteroatoms. The van der Waals surface area contributed by atoms with Crippen molar-refractivity contribution in [2.45, 2.75) is 0 Å². The monoisotopic (exact) mass is 884 g/mol. The van der Waals surface area contributed by atoms with Gasteiger partial charge in [-0.3, -0.25) is 0 Å². The third kappa shape index (κ3) is 6.96. The SMILES string of the molecule is c1ccc(-c2ccc(-c3nc(-c4ccccc4)nc(-c4cccc(-c5cccc6c5sc5ccccc56)c4)n3)c(-n3c4ccc(-c5ccccc5)cc4c4cc(-c5ccccc5)ccc43)c2)cc1. The van der Waals surface area contributed by atoms with Crippen molar-refractivity contribution in [3.8, 4) is 84.4 Å². The average molecular weight is 885 g/mol. The van der Waals surface area contributed by atoms with Gasteiger partial charge in [-0.25, -0.2) is 15.0 Å². The first-order valence-corrected chi connectivity index (χ1v) is 23.7. The summed E-state index contributed by atoms with van der Waals surface area (Å²) in [5.74, 6) is 1.82. The molecule has 3 heterocycles. The van der Waals surface area contributed by atoms with E-state index >= 15 is 0 Å². The van der Waals surface area contributed by atoms with Crippen LogP contribution in [0.5, 0.6) is 0 Å². The van der Waals surface area contributed by atoms with Gasteiger partial charge in [-0.05, 0) is 93.0 Å². The highest BCUT2D eigenvalue weighted by molar-refractivity contribution is 7.26. The molecule has 10 aromatic carbocycles. The first kappa shape index (κ1) is 39.6. The fraction of sp³-hybridized carbons (Fsp3) is 0. The van der Waals surface area contributed by atoms with E-state index in [4.69, 9.17) is 15.0 Å². The van der Waals surface area contributed by atoms with E-state index in [2.05, 4.69) is 229 Å². The van der Waals surface area contributed by atoms with Crippen molar-refractivity contribution in [3.05, 3.63) is 243 Å². The maximum atomic E-state index is 5.44. The fourth-order valence-electron chi connectivity index (χ4n) is 9.76. The molecular weight excluding hydrogens is 845 g/mol. The summed E-state index contributed by atoms with van der Waals surface area (Å²) in [7, 11) is 0. The first-order chi connectivity index (χ1) is 33.7. The molecule has 13 rings (SSSR count). The van der Waals surface area contributed by atoms with Gasteiger partial charge in [0.25, 0.3) is 0 Å². The van der Waals surface area contributed by atoms with E-state index in [0.717, 1.165) is 50.1 Å². The molecule has 0 aliphatic carbocycles. The minimum atomic E-state index is 0.595. The number of hydrogen-bond acceptors (Lipinski definition) is 4. The van der Waals surface area contributed by atoms with Crippen molar-refractivity contribution in [3.63, 3.8) is 0 Å². The van der Waals surface area contributed by atoms with Crippen LogP contribution in [0.25, 0.3) is 126 Å². The summed E-state index contributed by atoms with van der Waals surface area (Å²) >= 11 is 1.84. The normalized spacial score (nSPS) is 11.5. The Hall–Kier alpha value is -8.77. The van der Waals surface area contributed by atoms with Crippen LogP contribution < -0.4 is 0 Å². The lowest BCUT2D eigenvalue weighted by Crippen LogP contribution is -2.04. The molecule has 0 atom stereocenters. The van der Waals surface area contributed by atoms with Gasteiger partial charge in [0.2, 0.25) is 0 Å². The zero-order valence-electron chi connectivity index (χ0n) is 36.8. The molecule has 0 aliphatic rings. The summed E-state index contributed by atoms with van der Waals surface area (Å²) in [6.45, 7) is 0. The van der Waals surface area contributed by atoms with Gasteiger partial charge < -0.3 is 4.57 Å². The average Bonchev–Trinajstić information content (AvgIpc) is 3.97. The van der Waals surface area contributed by atoms with Crippen LogP contribution in [0.3, 0.4) is 0 Å². The van der Waals surface area contributed by atoms with E-state index in [1.807, 2.05) is 29.5 Å². The first-order valence-electron chi connectivity index (χ1n) is 22.9. The molecule has 0 spiro atoms. The molecule has 0 unspecified atom stereocenters. The highest BCUT2D eigenvalue weighted by atomic mass is 32.1. The van der Waals surface area contributed by atoms with Gasteiger partial charge >= 0.3 is 0 Å². The summed E-state index contributed by atoms with van der Waals surface area (Å²) in [6.07, 6.45) is 0. The zero-order valence-corrected chi connectivity index (χ0v) is 37.6. The molecule has 318 valence electrons. The lowest BCUT2D eigenvalue weighted by molar-refractivity contribution is 1.06. The van der Waals surface area contributed by atoms with Gasteiger partial charge in [-0.15, -0.1) is 11.3 Å². The predicted octanol–water partition coefficient (Wildman–Crippen LogP) is 17.0. The van der Waals surface area contributed by atoms with Gasteiger partial charge in [-0.1, -0.05) is 194 Å². The number of rotatable bonds is 8. The molecule has 0 radical (unpaired) electrons. The minimum Gasteiger partial charge on any atom is -0.308 e. The molecule has 68 heavy (non-hydrogen) atoms. The third-order valence-electron chi connectivity index (χ3n) is 13.1. The Morgan fingerprint density at radius 1 is 0.279 bits per heavy atom. The smallest absolute Gasteiger partial charge is 0.166 e. The number of hydrogen-bond donors (Lipinski definition) is 0. The maximum Gasteiger partial charge on any atom is 0.166 e. The van der Waals surface area contributed by atoms with Crippen molar-refractivity contribution < 1.29 is 0 Å². The molecule has 0 fully saturated rings. The second-order valence-electron chi connectivity index (χ2n) is 17.2. The molecule has 0 aliphatic heterocycles. The van der Waals surface area contributed by atoms with Crippen molar-refractivity contribution in [2.75, 3.05) is 0 Å². The third-order valence-corrected chi connectivity index (χ3v) is 14.3. The Balaban J connectivity index is 1.05. The van der Waals surface area contributed by atoms with Crippen molar-refractivity contribution in [1.82, 2.24) is 19.5 Å². The molecule has 0 N–H and O–H groups in total. The van der Waals surface area contributed by atoms with Gasteiger partial charge in [0.05, 0.1) is 16.7 Å². The van der Waals surface area contributed by atoms with Gasteiger partial charge in [-0.2, -0.15) is 0 Å². The van der Waals surface area contributed by atoms with Crippen LogP contribution in [0, 0.1) is 0 Å². The maximum absolute atomic E-state index is 5.44. The zero-order chi connectivity index (χ0) is 45.0. The highest BCUT2D eigenvalue weighted by Gasteiger charge is 2.22. The van der Waals surface area contributed by atoms with E-state index in [0.29, 0.717) is 17.5 Å². The van der Waals surface area contributed by atoms with Crippen LogP contribution in [0.2, 0.25) is 0 Å². The van der Waals surface area contributed by atoms with Gasteiger partial charge in [0, 0.05) is 47.6 Å². The Morgan fingerprint density at radius 3 is 1.38 bits per heavy atom. The predicted molar refractivity (Wildman–Crippen MR) is 285 cm³/mol. The largest absolute Gasteiger partial charge is 0.308 e. The Kier molecular flexibility index (Phi) is 9.66. The van der Waals surface area contributed by atoms with Gasteiger partial charge in [0.15, 0.2) is 17.5 Å². The molecule has 13 aromatic rings. The molecule has 0 saturated carbocycles. The van der Waals surface area contributed by atoms with Crippen LogP contribution in [-0.4, -0.2) is 19.5 Å². The van der Waals surface area contributed by atoms with E-state index in [1.54, 1.807) is 0 Å². The van der Waals surface area contributed by atoms with Crippen LogP contribution >= 0.6 is 11.3 Å². The second-order valence-corrected chi connectivity index (χ2v) is 18.2. The number of fused-ring (bicyclic) bond motifs is 6. The Morgan fingerprint density at radius 2 is 0.750 bits per heavy atom. The van der Waals surface area contributed by atoms with E-state index in [-0.39, 0.29) is 0 Å². The summed E-state index contributed by atoms with van der Waals surface area (Å²) < 4.78 is 4.97. The van der Waals surface area contributed by atoms with Crippen LogP contribution in [-0.2, 0) is 0 Å². The number of aromatic nitrogens is 4. The number of nitrogens with zero attached hydrogens (tertiary/aromatic N) is 4. The summed E-state index contributed by atoms with van der Waals surface area (Å²) in [6, 6.07) is 86.5. The van der Waals surface area contributed by atoms with Crippen molar-refractivity contribution in [1.29, 1.82) is 0 Å². The number of thiophene rings is 1. The minimum absolute atomic E-state index is 0.595. The van der Waals surface area contributed by atoms with E-state index in [9.17, 15) is 0 Å². The Bertz CT molecular complexity index is 3910. The number of benzene rings is 10. The van der Waals surface area contributed by atoms with Crippen LogP contribution in [0.15, 0.2) is 243 Å². The second kappa shape index (κ2) is 16.6. The summed E-state index contributed by atoms with van der Waals surface area (Å²) in [4.78, 5) is 16.0. The summed E-state index contributed by atoms with van der Waals surface area (Å²) in [5.41, 5.74) is 15.1. The van der Waals surface area contributed by atoms with Crippen LogP contribution in [0.1, 0.15) is 0 Å². The van der Waals surface area contributed by atoms with E-state index in [1.165, 1.54) is 58.8 Å². The lowest BCUT2D eigenvalue weighted by atomic mass is 10.00. The molecule has 0 bridgehead atoms. The quantitative estimate of drug-likeness (QED) is 0.153. The molecule has 4 nitrogen and oxygen atoms in total. The molecule has 0 amide bonds. The standard InChI is InChI=1S/C63H40N4S/c1-5-17-41(18-6-1)45-32-35-56-54(38-45)55-39-46(42-19-7-2-8-20-42)33-36-57(55)67(56)58-40-47(43-21-9-3-10-22-43)31-34-53(58)63-65-61(44-23-11-4-12-24-44)64-62(66-63)49-26-15-25-48(37-49)50-28-16-29-52-51-27-13-14-30-59(51)68-60(50)52/h1-40H. The molecule has 0 saturated heterocycles. The van der Waals surface area contributed by atoms with Gasteiger partial charge in [0.1, 0.15) is 0 Å². The highest BCUT2D eigenvalue weighted by Crippen LogP contribution is 2.43. The Labute approximate surface area is 397 Å². The van der Waals surface area contributed by atoms with Crippen molar-refractivity contribution >= 4 is 53.3 Å². The van der Waals surface area contributed by atoms with E-state index < -0.39 is 0 Å². The van der Waals surface area contributed by atoms with Crippen LogP contribution in [0.4, 0.5) is 0 Å².